The van der Waals surface area contributed by atoms with E-state index in [1.54, 1.807) is 24.3 Å². The zero-order valence-electron chi connectivity index (χ0n) is 9.14. The van der Waals surface area contributed by atoms with E-state index < -0.39 is 5.24 Å². The molecule has 0 aliphatic carbocycles. The van der Waals surface area contributed by atoms with Crippen LogP contribution >= 0.6 is 22.9 Å². The molecule has 1 heterocycles. The van der Waals surface area contributed by atoms with Crippen molar-refractivity contribution in [3.05, 3.63) is 58.3 Å². The smallest absolute Gasteiger partial charge is 0.252 e. The fourth-order valence-electron chi connectivity index (χ4n) is 1.93. The molecule has 0 saturated carbocycles. The lowest BCUT2D eigenvalue weighted by Crippen LogP contribution is -2.02. The van der Waals surface area contributed by atoms with Gasteiger partial charge in [-0.05, 0) is 41.9 Å². The highest BCUT2D eigenvalue weighted by molar-refractivity contribution is 7.24. The number of rotatable bonds is 1. The minimum Gasteiger partial charge on any atom is -0.289 e. The number of benzene rings is 2. The molecule has 0 saturated heterocycles. The first-order valence-corrected chi connectivity index (χ1v) is 6.52. The molecule has 88 valence electrons. The maximum absolute atomic E-state index is 12.3. The Labute approximate surface area is 111 Å². The van der Waals surface area contributed by atoms with Crippen molar-refractivity contribution < 1.29 is 4.79 Å². The molecule has 2 nitrogen and oxygen atoms in total. The molecule has 3 aromatic rings. The van der Waals surface area contributed by atoms with Crippen molar-refractivity contribution in [3.63, 3.8) is 0 Å². The maximum Gasteiger partial charge on any atom is 0.252 e. The van der Waals surface area contributed by atoms with Gasteiger partial charge in [0.05, 0.1) is 0 Å². The monoisotopic (exact) mass is 274 g/mol. The van der Waals surface area contributed by atoms with E-state index in [9.17, 15) is 9.59 Å². The minimum absolute atomic E-state index is 0.0564. The van der Waals surface area contributed by atoms with Crippen molar-refractivity contribution in [2.75, 3.05) is 0 Å². The zero-order valence-corrected chi connectivity index (χ0v) is 10.7. The lowest BCUT2D eigenvalue weighted by Gasteiger charge is -2.01. The molecule has 0 fully saturated rings. The summed E-state index contributed by atoms with van der Waals surface area (Å²) in [5.74, 6) is 0. The van der Waals surface area contributed by atoms with Gasteiger partial charge in [0.1, 0.15) is 0 Å². The van der Waals surface area contributed by atoms with E-state index in [4.69, 9.17) is 11.6 Å². The van der Waals surface area contributed by atoms with Crippen LogP contribution in [-0.4, -0.2) is 5.24 Å². The van der Waals surface area contributed by atoms with Crippen LogP contribution in [-0.2, 0) is 0 Å². The van der Waals surface area contributed by atoms with Gasteiger partial charge in [-0.3, -0.25) is 9.59 Å². The minimum atomic E-state index is -0.547. The first-order chi connectivity index (χ1) is 8.66. The molecule has 0 unspecified atom stereocenters. The van der Waals surface area contributed by atoms with Crippen molar-refractivity contribution in [2.45, 2.75) is 0 Å². The summed E-state index contributed by atoms with van der Waals surface area (Å²) < 4.78 is 1.81. The van der Waals surface area contributed by atoms with Crippen LogP contribution in [0.25, 0.3) is 20.2 Å². The number of hydrogen-bond donors (Lipinski definition) is 0. The van der Waals surface area contributed by atoms with E-state index >= 15 is 0 Å². The van der Waals surface area contributed by atoms with Crippen molar-refractivity contribution in [1.82, 2.24) is 0 Å². The van der Waals surface area contributed by atoms with Gasteiger partial charge in [0.25, 0.3) is 5.24 Å². The molecule has 4 heteroatoms. The van der Waals surface area contributed by atoms with Crippen LogP contribution in [0.15, 0.2) is 47.3 Å². The highest BCUT2D eigenvalue weighted by Crippen LogP contribution is 2.25. The second-order valence-electron chi connectivity index (χ2n) is 3.91. The Hall–Kier alpha value is -1.71. The summed E-state index contributed by atoms with van der Waals surface area (Å²) >= 11 is 6.97. The number of carbonyl (C=O) groups is 1. The molecule has 0 N–H and O–H groups in total. The molecule has 0 aliphatic heterocycles. The summed E-state index contributed by atoms with van der Waals surface area (Å²) in [4.78, 5) is 23.4. The van der Waals surface area contributed by atoms with Crippen molar-refractivity contribution in [2.24, 2.45) is 0 Å². The molecule has 0 atom stereocenters. The Balaban J connectivity index is 2.49. The number of hydrogen-bond acceptors (Lipinski definition) is 3. The number of carbonyl (C=O) groups excluding carboxylic acids is 1. The molecule has 1 aromatic heterocycles. The normalized spacial score (nSPS) is 10.9. The molecule has 0 amide bonds. The predicted molar refractivity (Wildman–Crippen MR) is 75.8 cm³/mol. The first kappa shape index (κ1) is 11.4. The summed E-state index contributed by atoms with van der Waals surface area (Å²) in [5, 5.41) is 0.675. The second kappa shape index (κ2) is 4.19. The van der Waals surface area contributed by atoms with Crippen molar-refractivity contribution >= 4 is 48.4 Å². The Kier molecular flexibility index (Phi) is 2.65. The van der Waals surface area contributed by atoms with Gasteiger partial charge in [-0.15, -0.1) is 11.3 Å². The van der Waals surface area contributed by atoms with Gasteiger partial charge in [0, 0.05) is 25.7 Å². The molecule has 18 heavy (non-hydrogen) atoms. The Morgan fingerprint density at radius 3 is 2.50 bits per heavy atom. The summed E-state index contributed by atoms with van der Waals surface area (Å²) in [6, 6.07) is 12.4. The van der Waals surface area contributed by atoms with E-state index in [1.165, 1.54) is 11.3 Å². The fraction of sp³-hybridized carbons (Fsp3) is 0. The van der Waals surface area contributed by atoms with E-state index in [0.717, 1.165) is 9.40 Å². The van der Waals surface area contributed by atoms with Crippen molar-refractivity contribution in [3.8, 4) is 0 Å². The van der Waals surface area contributed by atoms with Crippen LogP contribution in [0.1, 0.15) is 10.4 Å². The molecular formula is C14H7ClO2S. The Bertz CT molecular complexity index is 836. The summed E-state index contributed by atoms with van der Waals surface area (Å²) in [7, 11) is 0. The first-order valence-electron chi connectivity index (χ1n) is 5.32. The van der Waals surface area contributed by atoms with Gasteiger partial charge >= 0.3 is 0 Å². The summed E-state index contributed by atoms with van der Waals surface area (Å²) in [6.07, 6.45) is 0. The van der Waals surface area contributed by atoms with E-state index in [2.05, 4.69) is 0 Å². The zero-order chi connectivity index (χ0) is 12.7. The van der Waals surface area contributed by atoms with E-state index in [-0.39, 0.29) is 5.43 Å². The van der Waals surface area contributed by atoms with Gasteiger partial charge in [-0.25, -0.2) is 0 Å². The Morgan fingerprint density at radius 2 is 1.72 bits per heavy atom. The maximum atomic E-state index is 12.3. The van der Waals surface area contributed by atoms with Crippen LogP contribution in [0, 0.1) is 0 Å². The molecule has 2 aromatic carbocycles. The average molecular weight is 275 g/mol. The lowest BCUT2D eigenvalue weighted by molar-refractivity contribution is 0.108. The third-order valence-corrected chi connectivity index (χ3v) is 4.17. The molecular weight excluding hydrogens is 268 g/mol. The standard InChI is InChI=1S/C14H7ClO2S/c15-14(17)8-5-6-12-10(7-8)13(16)9-3-1-2-4-11(9)18-12/h1-7H. The molecule has 0 aliphatic rings. The molecule has 0 bridgehead atoms. The number of fused-ring (bicyclic) bond motifs is 2. The lowest BCUT2D eigenvalue weighted by atomic mass is 10.1. The van der Waals surface area contributed by atoms with Gasteiger partial charge < -0.3 is 0 Å². The van der Waals surface area contributed by atoms with Crippen LogP contribution in [0.4, 0.5) is 0 Å². The summed E-state index contributed by atoms with van der Waals surface area (Å²) in [6.45, 7) is 0. The topological polar surface area (TPSA) is 34.1 Å². The largest absolute Gasteiger partial charge is 0.289 e. The van der Waals surface area contributed by atoms with Crippen molar-refractivity contribution in [1.29, 1.82) is 0 Å². The third kappa shape index (κ3) is 1.72. The van der Waals surface area contributed by atoms with Crippen LogP contribution in [0.3, 0.4) is 0 Å². The fourth-order valence-corrected chi connectivity index (χ4v) is 3.09. The molecule has 0 spiro atoms. The van der Waals surface area contributed by atoms with Crippen LogP contribution < -0.4 is 5.43 Å². The molecule has 3 rings (SSSR count). The molecule has 0 radical (unpaired) electrons. The number of halogens is 1. The van der Waals surface area contributed by atoms with E-state index in [0.29, 0.717) is 16.3 Å². The highest BCUT2D eigenvalue weighted by atomic mass is 35.5. The quantitative estimate of drug-likeness (QED) is 0.500. The van der Waals surface area contributed by atoms with Gasteiger partial charge in [0.15, 0.2) is 5.43 Å². The third-order valence-electron chi connectivity index (χ3n) is 2.80. The average Bonchev–Trinajstić information content (AvgIpc) is 2.38. The SMILES string of the molecule is O=C(Cl)c1ccc2sc3ccccc3c(=O)c2c1. The Morgan fingerprint density at radius 1 is 1.00 bits per heavy atom. The summed E-state index contributed by atoms with van der Waals surface area (Å²) in [5.41, 5.74) is 0.294. The predicted octanol–water partition coefficient (Wildman–Crippen LogP) is 3.79. The second-order valence-corrected chi connectivity index (χ2v) is 5.34. The van der Waals surface area contributed by atoms with Gasteiger partial charge in [-0.1, -0.05) is 12.1 Å². The van der Waals surface area contributed by atoms with Gasteiger partial charge in [0.2, 0.25) is 0 Å². The van der Waals surface area contributed by atoms with E-state index in [1.807, 2.05) is 18.2 Å². The van der Waals surface area contributed by atoms with Crippen LogP contribution in [0.5, 0.6) is 0 Å². The van der Waals surface area contributed by atoms with Gasteiger partial charge in [-0.2, -0.15) is 0 Å². The van der Waals surface area contributed by atoms with Crippen LogP contribution in [0.2, 0.25) is 0 Å². The highest BCUT2D eigenvalue weighted by Gasteiger charge is 2.08.